The van der Waals surface area contributed by atoms with Gasteiger partial charge in [0.2, 0.25) is 0 Å². The van der Waals surface area contributed by atoms with Crippen LogP contribution in [-0.2, 0) is 20.0 Å². The van der Waals surface area contributed by atoms with Crippen molar-refractivity contribution >= 4 is 43.2 Å². The Bertz CT molecular complexity index is 907. The Morgan fingerprint density at radius 1 is 0.739 bits per heavy atom. The van der Waals surface area contributed by atoms with E-state index in [1.54, 1.807) is 23.9 Å². The van der Waals surface area contributed by atoms with Gasteiger partial charge in [0, 0.05) is 10.0 Å². The predicted molar refractivity (Wildman–Crippen MR) is 88.3 cm³/mol. The summed E-state index contributed by atoms with van der Waals surface area (Å²) in [7, 11) is -8.21. The largest absolute Gasteiger partial charge is 0.254 e. The monoisotopic (exact) mass is 394 g/mol. The van der Waals surface area contributed by atoms with Gasteiger partial charge in [-0.15, -0.1) is 9.66 Å². The normalized spacial score (nSPS) is 12.3. The topological polar surface area (TPSA) is 92.3 Å². The number of sulfonamides is 2. The molecule has 2 rings (SSSR count). The summed E-state index contributed by atoms with van der Waals surface area (Å²) < 4.78 is 48.4. The molecular weight excluding hydrogens is 383 g/mol. The minimum Gasteiger partial charge on any atom is -0.206 e. The van der Waals surface area contributed by atoms with Crippen LogP contribution in [0.3, 0.4) is 0 Å². The van der Waals surface area contributed by atoms with Gasteiger partial charge in [0.1, 0.15) is 0 Å². The predicted octanol–water partition coefficient (Wildman–Crippen LogP) is 2.47. The molecule has 2 aromatic carbocycles. The fraction of sp³-hybridized carbons (Fsp3) is 0.0769. The molecule has 0 unspecified atom stereocenters. The summed E-state index contributed by atoms with van der Waals surface area (Å²) in [6.07, 6.45) is 0. The summed E-state index contributed by atoms with van der Waals surface area (Å²) >= 11 is 11.5. The maximum absolute atomic E-state index is 12.1. The Hall–Kier alpha value is -1.16. The van der Waals surface area contributed by atoms with Crippen molar-refractivity contribution in [2.24, 2.45) is 0 Å². The van der Waals surface area contributed by atoms with Crippen molar-refractivity contribution in [3.8, 4) is 0 Å². The van der Waals surface area contributed by atoms with E-state index in [1.807, 2.05) is 4.83 Å². The summed E-state index contributed by atoms with van der Waals surface area (Å²) in [6.45, 7) is 1.80. The summed E-state index contributed by atoms with van der Waals surface area (Å²) in [4.78, 5) is 3.28. The maximum atomic E-state index is 12.1. The smallest absolute Gasteiger partial charge is 0.206 e. The third kappa shape index (κ3) is 4.66. The fourth-order valence-corrected chi connectivity index (χ4v) is 4.46. The van der Waals surface area contributed by atoms with E-state index in [0.29, 0.717) is 0 Å². The Labute approximate surface area is 144 Å². The molecule has 2 N–H and O–H groups in total. The first-order valence-electron chi connectivity index (χ1n) is 6.16. The van der Waals surface area contributed by atoms with E-state index in [1.165, 1.54) is 18.2 Å². The van der Waals surface area contributed by atoms with Crippen LogP contribution in [0.15, 0.2) is 52.3 Å². The zero-order valence-corrected chi connectivity index (χ0v) is 14.9. The molecule has 0 atom stereocenters. The molecule has 0 aliphatic rings. The van der Waals surface area contributed by atoms with Gasteiger partial charge in [0.05, 0.1) is 9.79 Å². The van der Waals surface area contributed by atoms with Crippen LogP contribution in [0, 0.1) is 6.92 Å². The summed E-state index contributed by atoms with van der Waals surface area (Å²) in [5, 5.41) is 0.221. The first kappa shape index (κ1) is 18.2. The van der Waals surface area contributed by atoms with Crippen molar-refractivity contribution in [3.63, 3.8) is 0 Å². The van der Waals surface area contributed by atoms with Gasteiger partial charge >= 0.3 is 0 Å². The minimum atomic E-state index is -4.16. The standard InChI is InChI=1S/C13H12Cl2N2O4S2/c1-9-2-4-12(5-3-9)22(18,19)16-17-23(20,21)13-7-10(14)6-11(15)8-13/h2-8,16-17H,1H3. The molecule has 0 radical (unpaired) electrons. The van der Waals surface area contributed by atoms with E-state index < -0.39 is 20.0 Å². The Balaban J connectivity index is 2.23. The maximum Gasteiger partial charge on any atom is 0.254 e. The van der Waals surface area contributed by atoms with E-state index in [2.05, 4.69) is 0 Å². The quantitative estimate of drug-likeness (QED) is 0.761. The van der Waals surface area contributed by atoms with Gasteiger partial charge in [-0.3, -0.25) is 0 Å². The van der Waals surface area contributed by atoms with E-state index in [4.69, 9.17) is 23.2 Å². The molecule has 23 heavy (non-hydrogen) atoms. The molecule has 10 heteroatoms. The lowest BCUT2D eigenvalue weighted by Crippen LogP contribution is -2.41. The number of aryl methyl sites for hydroxylation is 1. The highest BCUT2D eigenvalue weighted by Gasteiger charge is 2.20. The van der Waals surface area contributed by atoms with Crippen LogP contribution in [0.1, 0.15) is 5.56 Å². The number of halogens is 2. The van der Waals surface area contributed by atoms with Crippen LogP contribution in [0.25, 0.3) is 0 Å². The zero-order valence-electron chi connectivity index (χ0n) is 11.7. The Morgan fingerprint density at radius 3 is 1.65 bits per heavy atom. The second-order valence-corrected chi connectivity index (χ2v) is 8.87. The van der Waals surface area contributed by atoms with Crippen LogP contribution < -0.4 is 9.66 Å². The lowest BCUT2D eigenvalue weighted by Gasteiger charge is -2.10. The van der Waals surface area contributed by atoms with Gasteiger partial charge in [-0.2, -0.15) is 0 Å². The van der Waals surface area contributed by atoms with E-state index in [0.717, 1.165) is 17.7 Å². The highest BCUT2D eigenvalue weighted by atomic mass is 35.5. The molecule has 6 nitrogen and oxygen atoms in total. The SMILES string of the molecule is Cc1ccc(S(=O)(=O)NNS(=O)(=O)c2cc(Cl)cc(Cl)c2)cc1. The van der Waals surface area contributed by atoms with Crippen molar-refractivity contribution < 1.29 is 16.8 Å². The molecule has 0 saturated heterocycles. The van der Waals surface area contributed by atoms with Crippen molar-refractivity contribution in [2.45, 2.75) is 16.7 Å². The van der Waals surface area contributed by atoms with E-state index in [-0.39, 0.29) is 19.8 Å². The van der Waals surface area contributed by atoms with Gasteiger partial charge in [-0.05, 0) is 37.3 Å². The van der Waals surface area contributed by atoms with Gasteiger partial charge in [0.25, 0.3) is 20.0 Å². The molecule has 124 valence electrons. The summed E-state index contributed by atoms with van der Waals surface area (Å²) in [5.74, 6) is 0. The molecule has 2 aromatic rings. The van der Waals surface area contributed by atoms with Crippen molar-refractivity contribution in [1.29, 1.82) is 0 Å². The molecule has 0 spiro atoms. The van der Waals surface area contributed by atoms with Crippen LogP contribution in [0.5, 0.6) is 0 Å². The van der Waals surface area contributed by atoms with E-state index in [9.17, 15) is 16.8 Å². The van der Waals surface area contributed by atoms with Crippen LogP contribution in [0.4, 0.5) is 0 Å². The highest BCUT2D eigenvalue weighted by Crippen LogP contribution is 2.22. The molecule has 0 fully saturated rings. The number of hydrogen-bond donors (Lipinski definition) is 2. The molecule has 0 amide bonds. The van der Waals surface area contributed by atoms with Crippen LogP contribution in [-0.4, -0.2) is 16.8 Å². The third-order valence-corrected chi connectivity index (χ3v) is 5.84. The second kappa shape index (κ2) is 6.76. The Morgan fingerprint density at radius 2 is 1.17 bits per heavy atom. The number of benzene rings is 2. The number of hydrogen-bond acceptors (Lipinski definition) is 4. The first-order valence-corrected chi connectivity index (χ1v) is 9.89. The molecular formula is C13H12Cl2N2O4S2. The van der Waals surface area contributed by atoms with Crippen molar-refractivity contribution in [1.82, 2.24) is 9.66 Å². The summed E-state index contributed by atoms with van der Waals surface area (Å²) in [5.41, 5.74) is 0.873. The fourth-order valence-electron chi connectivity index (χ4n) is 1.63. The van der Waals surface area contributed by atoms with Gasteiger partial charge < -0.3 is 0 Å². The number of nitrogens with one attached hydrogen (secondary N) is 2. The van der Waals surface area contributed by atoms with Crippen LogP contribution >= 0.6 is 23.2 Å². The second-order valence-electron chi connectivity index (χ2n) is 4.63. The van der Waals surface area contributed by atoms with Gasteiger partial charge in [-0.25, -0.2) is 16.8 Å². The molecule has 0 heterocycles. The molecule has 0 aliphatic heterocycles. The van der Waals surface area contributed by atoms with Gasteiger partial charge in [-0.1, -0.05) is 40.9 Å². The van der Waals surface area contributed by atoms with E-state index >= 15 is 0 Å². The van der Waals surface area contributed by atoms with Crippen molar-refractivity contribution in [3.05, 3.63) is 58.1 Å². The molecule has 0 aliphatic carbocycles. The van der Waals surface area contributed by atoms with Gasteiger partial charge in [0.15, 0.2) is 0 Å². The highest BCUT2D eigenvalue weighted by molar-refractivity contribution is 7.92. The lowest BCUT2D eigenvalue weighted by atomic mass is 10.2. The zero-order chi connectivity index (χ0) is 17.3. The summed E-state index contributed by atoms with van der Waals surface area (Å²) in [6, 6.07) is 9.58. The van der Waals surface area contributed by atoms with Crippen LogP contribution in [0.2, 0.25) is 10.0 Å². The lowest BCUT2D eigenvalue weighted by molar-refractivity contribution is 0.557. The average molecular weight is 395 g/mol. The minimum absolute atomic E-state index is 0.0741. The molecule has 0 aromatic heterocycles. The number of hydrazine groups is 1. The first-order chi connectivity index (χ1) is 10.6. The number of rotatable bonds is 5. The Kier molecular flexibility index (Phi) is 5.34. The molecule has 0 saturated carbocycles. The average Bonchev–Trinajstić information content (AvgIpc) is 2.45. The van der Waals surface area contributed by atoms with Crippen molar-refractivity contribution in [2.75, 3.05) is 0 Å². The third-order valence-electron chi connectivity index (χ3n) is 2.79. The molecule has 0 bridgehead atoms.